The van der Waals surface area contributed by atoms with Gasteiger partial charge < -0.3 is 4.74 Å². The van der Waals surface area contributed by atoms with Crippen LogP contribution in [0, 0.1) is 29.0 Å². The van der Waals surface area contributed by atoms with Gasteiger partial charge in [0.25, 0.3) is 5.91 Å². The van der Waals surface area contributed by atoms with Gasteiger partial charge in [0.2, 0.25) is 0 Å². The summed E-state index contributed by atoms with van der Waals surface area (Å²) in [5, 5.41) is 0. The molecule has 1 aliphatic heterocycles. The van der Waals surface area contributed by atoms with Crippen LogP contribution in [0.3, 0.4) is 0 Å². The molecule has 0 atom stereocenters. The Morgan fingerprint density at radius 3 is 2.34 bits per heavy atom. The molecule has 1 heterocycles. The number of nitrogens with one attached hydrogen (secondary N) is 1. The predicted molar refractivity (Wildman–Crippen MR) is 120 cm³/mol. The van der Waals surface area contributed by atoms with E-state index in [2.05, 4.69) is 0 Å². The van der Waals surface area contributed by atoms with Gasteiger partial charge in [-0.05, 0) is 75.7 Å². The first-order valence-corrected chi connectivity index (χ1v) is 13.1. The van der Waals surface area contributed by atoms with Gasteiger partial charge in [0.1, 0.15) is 11.6 Å². The highest BCUT2D eigenvalue weighted by atomic mass is 32.2. The van der Waals surface area contributed by atoms with Crippen LogP contribution < -0.4 is 9.46 Å². The molecule has 6 nitrogen and oxygen atoms in total. The van der Waals surface area contributed by atoms with E-state index in [0.717, 1.165) is 24.2 Å². The van der Waals surface area contributed by atoms with E-state index >= 15 is 0 Å². The van der Waals surface area contributed by atoms with Crippen molar-refractivity contribution in [2.45, 2.75) is 51.9 Å². The number of allylic oxidation sites excluding steroid dienone is 1. The van der Waals surface area contributed by atoms with Crippen LogP contribution in [-0.4, -0.2) is 38.3 Å². The van der Waals surface area contributed by atoms with Crippen molar-refractivity contribution in [1.82, 2.24) is 9.03 Å². The van der Waals surface area contributed by atoms with E-state index in [0.29, 0.717) is 31.0 Å². The van der Waals surface area contributed by atoms with Crippen molar-refractivity contribution >= 4 is 22.2 Å². The Bertz CT molecular complexity index is 1010. The Morgan fingerprint density at radius 1 is 1.19 bits per heavy atom. The first kappa shape index (κ1) is 21.9. The number of benzene rings is 1. The summed E-state index contributed by atoms with van der Waals surface area (Å²) >= 11 is 0. The van der Waals surface area contributed by atoms with Crippen molar-refractivity contribution in [3.63, 3.8) is 0 Å². The first-order chi connectivity index (χ1) is 15.3. The summed E-state index contributed by atoms with van der Waals surface area (Å²) in [4.78, 5) is 12.6. The molecule has 0 spiro atoms. The second-order valence-corrected chi connectivity index (χ2v) is 11.9. The molecule has 32 heavy (non-hydrogen) atoms. The highest BCUT2D eigenvalue weighted by Gasteiger charge is 2.51. The van der Waals surface area contributed by atoms with Crippen molar-refractivity contribution < 1.29 is 22.3 Å². The predicted octanol–water partition coefficient (Wildman–Crippen LogP) is 4.13. The van der Waals surface area contributed by atoms with Crippen LogP contribution in [0.2, 0.25) is 0 Å². The Balaban J connectivity index is 1.34. The van der Waals surface area contributed by atoms with Gasteiger partial charge in [-0.3, -0.25) is 4.79 Å². The molecule has 1 aromatic rings. The van der Waals surface area contributed by atoms with Gasteiger partial charge in [0, 0.05) is 30.1 Å². The third-order valence-corrected chi connectivity index (χ3v) is 9.25. The molecule has 1 aromatic carbocycles. The highest BCUT2D eigenvalue weighted by Crippen LogP contribution is 2.60. The fraction of sp³-hybridized carbons (Fsp3) is 0.625. The van der Waals surface area contributed by atoms with Gasteiger partial charge in [0.05, 0.1) is 12.2 Å². The van der Waals surface area contributed by atoms with Crippen LogP contribution >= 0.6 is 0 Å². The summed E-state index contributed by atoms with van der Waals surface area (Å²) in [6.07, 6.45) is 11.9. The van der Waals surface area contributed by atoms with Crippen LogP contribution in [0.5, 0.6) is 5.75 Å². The molecule has 5 fully saturated rings. The molecular weight excluding hydrogens is 431 g/mol. The summed E-state index contributed by atoms with van der Waals surface area (Å²) < 4.78 is 48.7. The van der Waals surface area contributed by atoms with Crippen molar-refractivity contribution in [3.05, 3.63) is 35.2 Å². The highest BCUT2D eigenvalue weighted by molar-refractivity contribution is 7.87. The summed E-state index contributed by atoms with van der Waals surface area (Å²) in [5.74, 6) is 1.06. The van der Waals surface area contributed by atoms with Gasteiger partial charge in [-0.25, -0.2) is 9.11 Å². The quantitative estimate of drug-likeness (QED) is 0.661. The van der Waals surface area contributed by atoms with Gasteiger partial charge in [-0.1, -0.05) is 12.2 Å². The van der Waals surface area contributed by atoms with E-state index in [1.165, 1.54) is 55.0 Å². The average molecular weight is 463 g/mol. The fourth-order valence-corrected chi connectivity index (χ4v) is 7.85. The number of amides is 1. The molecule has 4 bridgehead atoms. The topological polar surface area (TPSA) is 75.7 Å². The monoisotopic (exact) mass is 462 g/mol. The number of ether oxygens (including phenoxy) is 1. The zero-order valence-electron chi connectivity index (χ0n) is 18.5. The SMILES string of the molecule is CC=Cc1cc(C(=O)NS(=O)(=O)N2CCC2)c(F)cc1OCC12CC3CC(CC(C3)C1)C2. The van der Waals surface area contributed by atoms with Crippen LogP contribution in [0.25, 0.3) is 6.08 Å². The standard InChI is InChI=1S/C24H31FN2O4S/c1-2-4-19-10-20(23(28)26-32(29,30)27-5-3-6-27)21(25)11-22(19)31-15-24-12-16-7-17(13-24)9-18(8-16)14-24/h2,4,10-11,16-18H,3,5-9,12-15H2,1H3,(H,26,28). The lowest BCUT2D eigenvalue weighted by molar-refractivity contribution is -0.0746. The zero-order valence-corrected chi connectivity index (χ0v) is 19.3. The summed E-state index contributed by atoms with van der Waals surface area (Å²) in [7, 11) is -3.94. The number of nitrogens with zero attached hydrogens (tertiary/aromatic N) is 1. The number of hydrogen-bond acceptors (Lipinski definition) is 4. The molecule has 4 saturated carbocycles. The maximum Gasteiger partial charge on any atom is 0.304 e. The van der Waals surface area contributed by atoms with E-state index in [1.54, 1.807) is 12.2 Å². The maximum absolute atomic E-state index is 14.9. The van der Waals surface area contributed by atoms with E-state index in [-0.39, 0.29) is 11.0 Å². The molecule has 8 heteroatoms. The Hall–Kier alpha value is -1.93. The molecule has 4 aliphatic carbocycles. The van der Waals surface area contributed by atoms with E-state index in [4.69, 9.17) is 4.74 Å². The number of hydrogen-bond donors (Lipinski definition) is 1. The normalized spacial score (nSPS) is 31.6. The molecule has 0 unspecified atom stereocenters. The molecule has 6 rings (SSSR count). The van der Waals surface area contributed by atoms with Crippen molar-refractivity contribution in [3.8, 4) is 5.75 Å². The minimum atomic E-state index is -3.94. The largest absolute Gasteiger partial charge is 0.492 e. The molecule has 0 aromatic heterocycles. The van der Waals surface area contributed by atoms with Crippen molar-refractivity contribution in [1.29, 1.82) is 0 Å². The Kier molecular flexibility index (Phi) is 5.56. The van der Waals surface area contributed by atoms with Crippen LogP contribution in [0.15, 0.2) is 18.2 Å². The van der Waals surface area contributed by atoms with Gasteiger partial charge in [-0.2, -0.15) is 12.7 Å². The van der Waals surface area contributed by atoms with Crippen LogP contribution in [0.1, 0.15) is 67.8 Å². The number of rotatable bonds is 7. The van der Waals surface area contributed by atoms with E-state index < -0.39 is 21.9 Å². The van der Waals surface area contributed by atoms with Crippen molar-refractivity contribution in [2.75, 3.05) is 19.7 Å². The van der Waals surface area contributed by atoms with E-state index in [1.807, 2.05) is 11.6 Å². The van der Waals surface area contributed by atoms with Crippen LogP contribution in [-0.2, 0) is 10.2 Å². The van der Waals surface area contributed by atoms with Gasteiger partial charge in [-0.15, -0.1) is 0 Å². The second-order valence-electron chi connectivity index (χ2n) is 10.3. The number of carbonyl (C=O) groups is 1. The average Bonchev–Trinajstić information content (AvgIpc) is 2.64. The third-order valence-electron chi connectivity index (χ3n) is 7.77. The summed E-state index contributed by atoms with van der Waals surface area (Å²) in [6, 6.07) is 2.60. The zero-order chi connectivity index (χ0) is 22.5. The molecule has 1 amide bonds. The van der Waals surface area contributed by atoms with Crippen LogP contribution in [0.4, 0.5) is 4.39 Å². The number of halogens is 1. The summed E-state index contributed by atoms with van der Waals surface area (Å²) in [5.41, 5.74) is 0.453. The smallest absolute Gasteiger partial charge is 0.304 e. The lowest BCUT2D eigenvalue weighted by atomic mass is 9.50. The molecule has 174 valence electrons. The van der Waals surface area contributed by atoms with Gasteiger partial charge in [0.15, 0.2) is 0 Å². The maximum atomic E-state index is 14.9. The summed E-state index contributed by atoms with van der Waals surface area (Å²) in [6.45, 7) is 3.13. The molecular formula is C24H31FN2O4S. The second kappa shape index (κ2) is 8.13. The van der Waals surface area contributed by atoms with Gasteiger partial charge >= 0.3 is 10.2 Å². The van der Waals surface area contributed by atoms with Crippen molar-refractivity contribution in [2.24, 2.45) is 23.2 Å². The Morgan fingerprint density at radius 2 is 1.81 bits per heavy atom. The number of carbonyl (C=O) groups excluding carboxylic acids is 1. The minimum absolute atomic E-state index is 0.180. The molecule has 0 radical (unpaired) electrons. The molecule has 1 saturated heterocycles. The van der Waals surface area contributed by atoms with E-state index in [9.17, 15) is 17.6 Å². The molecule has 1 N–H and O–H groups in total. The lowest BCUT2D eigenvalue weighted by Gasteiger charge is -2.56. The fourth-order valence-electron chi connectivity index (χ4n) is 6.64. The molecule has 5 aliphatic rings. The minimum Gasteiger partial charge on any atom is -0.492 e. The third kappa shape index (κ3) is 4.07. The Labute approximate surface area is 189 Å². The lowest BCUT2D eigenvalue weighted by Crippen LogP contribution is -2.49. The first-order valence-electron chi connectivity index (χ1n) is 11.7.